The molecule has 0 saturated carbocycles. The van der Waals surface area contributed by atoms with Crippen LogP contribution in [0.4, 0.5) is 4.79 Å². The topological polar surface area (TPSA) is 75.7 Å². The van der Waals surface area contributed by atoms with Crippen LogP contribution < -0.4 is 9.47 Å². The number of benzene rings is 1. The van der Waals surface area contributed by atoms with Gasteiger partial charge in [0.1, 0.15) is 11.7 Å². The molecule has 1 saturated heterocycles. The molecule has 8 nitrogen and oxygen atoms in total. The van der Waals surface area contributed by atoms with Gasteiger partial charge < -0.3 is 33.0 Å². The lowest BCUT2D eigenvalue weighted by Gasteiger charge is -2.45. The Kier molecular flexibility index (Phi) is 8.73. The summed E-state index contributed by atoms with van der Waals surface area (Å²) in [6, 6.07) is 4.06. The van der Waals surface area contributed by atoms with Crippen LogP contribution in [0.3, 0.4) is 0 Å². The zero-order chi connectivity index (χ0) is 29.5. The van der Waals surface area contributed by atoms with E-state index >= 15 is 0 Å². The number of rotatable bonds is 8. The maximum absolute atomic E-state index is 12.9. The van der Waals surface area contributed by atoms with E-state index in [9.17, 15) is 4.79 Å². The van der Waals surface area contributed by atoms with E-state index in [1.807, 2.05) is 26.8 Å². The Balaban J connectivity index is 1.76. The molecule has 0 radical (unpaired) electrons. The van der Waals surface area contributed by atoms with Crippen LogP contribution in [0.5, 0.6) is 11.5 Å². The number of amides is 1. The van der Waals surface area contributed by atoms with E-state index in [-0.39, 0.29) is 29.6 Å². The Morgan fingerprint density at radius 2 is 1.80 bits per heavy atom. The Morgan fingerprint density at radius 1 is 1.12 bits per heavy atom. The Labute approximate surface area is 241 Å². The number of hydrogen-bond donors (Lipinski definition) is 0. The molecule has 3 atom stereocenters. The van der Waals surface area contributed by atoms with Gasteiger partial charge in [-0.3, -0.25) is 0 Å². The molecule has 4 rings (SSSR count). The van der Waals surface area contributed by atoms with Gasteiger partial charge in [0.2, 0.25) is 0 Å². The molecule has 1 amide bonds. The molecule has 0 bridgehead atoms. The fourth-order valence-corrected chi connectivity index (χ4v) is 6.89. The molecule has 224 valence electrons. The second-order valence-corrected chi connectivity index (χ2v) is 18.5. The normalized spacial score (nSPS) is 24.9. The zero-order valence-corrected chi connectivity index (χ0v) is 27.1. The Morgan fingerprint density at radius 3 is 2.40 bits per heavy atom. The molecule has 1 fully saturated rings. The number of ether oxygens (including phenoxy) is 5. The first-order valence-corrected chi connectivity index (χ1v) is 17.4. The summed E-state index contributed by atoms with van der Waals surface area (Å²) in [7, 11) is 1.35. The summed E-state index contributed by atoms with van der Waals surface area (Å²) in [5.74, 6) is 1.44. The van der Waals surface area contributed by atoms with Crippen molar-refractivity contribution in [2.75, 3.05) is 33.9 Å². The summed E-state index contributed by atoms with van der Waals surface area (Å²) in [4.78, 5) is 14.6. The minimum absolute atomic E-state index is 0.0548. The molecule has 0 spiro atoms. The molecule has 1 aromatic rings. The van der Waals surface area contributed by atoms with Gasteiger partial charge in [-0.1, -0.05) is 39.0 Å². The van der Waals surface area contributed by atoms with Crippen molar-refractivity contribution in [1.29, 1.82) is 0 Å². The summed E-state index contributed by atoms with van der Waals surface area (Å²) in [5.41, 5.74) is 1.08. The lowest BCUT2D eigenvalue weighted by atomic mass is 9.67. The Bertz CT molecular complexity index is 1100. The van der Waals surface area contributed by atoms with Crippen LogP contribution in [0.25, 0.3) is 0 Å². The van der Waals surface area contributed by atoms with Crippen molar-refractivity contribution in [2.24, 2.45) is 0 Å². The molecular weight excluding hydrogens is 526 g/mol. The number of methoxy groups -OCH3 is 1. The second-order valence-electron chi connectivity index (χ2n) is 13.8. The van der Waals surface area contributed by atoms with Crippen LogP contribution in [0.2, 0.25) is 18.1 Å². The van der Waals surface area contributed by atoms with Gasteiger partial charge in [0.05, 0.1) is 31.8 Å². The van der Waals surface area contributed by atoms with Gasteiger partial charge in [-0.05, 0) is 63.4 Å². The van der Waals surface area contributed by atoms with Gasteiger partial charge in [0, 0.05) is 25.6 Å². The number of carbonyl (C=O) groups is 1. The van der Waals surface area contributed by atoms with Crippen LogP contribution in [0.15, 0.2) is 24.3 Å². The SMILES string of the molecule is COc1ccc(CC2OCCO2)c2c1O[C@@H]1[C@@H](O[Si](C)(C)C(C)(C)C)CC=C[C@]21CCN(C)C(=O)OC(C)(C)C. The molecule has 3 aliphatic rings. The third-order valence-electron chi connectivity index (χ3n) is 8.66. The summed E-state index contributed by atoms with van der Waals surface area (Å²) < 4.78 is 37.1. The van der Waals surface area contributed by atoms with E-state index < -0.39 is 19.3 Å². The number of carbonyl (C=O) groups excluding carboxylic acids is 1. The van der Waals surface area contributed by atoms with Gasteiger partial charge in [-0.15, -0.1) is 0 Å². The lowest BCUT2D eigenvalue weighted by Crippen LogP contribution is -2.54. The molecule has 0 N–H and O–H groups in total. The fraction of sp³-hybridized carbons (Fsp3) is 0.710. The van der Waals surface area contributed by atoms with E-state index in [1.54, 1.807) is 19.1 Å². The highest BCUT2D eigenvalue weighted by Crippen LogP contribution is 2.56. The minimum Gasteiger partial charge on any atom is -0.493 e. The molecular formula is C31H49NO7Si. The lowest BCUT2D eigenvalue weighted by molar-refractivity contribution is -0.0403. The maximum atomic E-state index is 12.9. The standard InChI is InChI=1S/C31H49NO7Si/c1-29(2,3)38-28(33)32(7)17-16-31-15-11-12-23(39-40(9,10)30(4,5)6)27(31)37-26-22(34-8)14-13-21(25(26)31)20-24-35-18-19-36-24/h11,13-15,23-24,27H,12,16-20H2,1-10H3/t23-,27+,31-/m0/s1. The summed E-state index contributed by atoms with van der Waals surface area (Å²) >= 11 is 0. The number of nitrogens with zero attached hydrogens (tertiary/aromatic N) is 1. The highest BCUT2D eigenvalue weighted by atomic mass is 28.4. The van der Waals surface area contributed by atoms with Crippen molar-refractivity contribution >= 4 is 14.4 Å². The van der Waals surface area contributed by atoms with E-state index in [4.69, 9.17) is 28.1 Å². The zero-order valence-electron chi connectivity index (χ0n) is 26.1. The third kappa shape index (κ3) is 6.22. The van der Waals surface area contributed by atoms with Crippen LogP contribution in [0, 0.1) is 0 Å². The first-order valence-electron chi connectivity index (χ1n) is 14.5. The molecule has 1 aromatic carbocycles. The molecule has 0 unspecified atom stereocenters. The van der Waals surface area contributed by atoms with Crippen molar-refractivity contribution in [2.45, 2.75) is 108 Å². The average molecular weight is 576 g/mol. The first-order chi connectivity index (χ1) is 18.6. The Hall–Kier alpha value is -2.07. The van der Waals surface area contributed by atoms with Gasteiger partial charge in [-0.25, -0.2) is 4.79 Å². The van der Waals surface area contributed by atoms with Crippen molar-refractivity contribution < 1.29 is 32.9 Å². The highest BCUT2D eigenvalue weighted by molar-refractivity contribution is 6.74. The van der Waals surface area contributed by atoms with Crippen molar-refractivity contribution in [1.82, 2.24) is 4.90 Å². The molecule has 2 heterocycles. The summed E-state index contributed by atoms with van der Waals surface area (Å²) in [6.07, 6.45) is 5.46. The van der Waals surface area contributed by atoms with E-state index in [0.717, 1.165) is 23.3 Å². The van der Waals surface area contributed by atoms with Crippen molar-refractivity contribution in [3.63, 3.8) is 0 Å². The van der Waals surface area contributed by atoms with E-state index in [0.29, 0.717) is 38.3 Å². The highest BCUT2D eigenvalue weighted by Gasteiger charge is 2.56. The summed E-state index contributed by atoms with van der Waals surface area (Å²) in [6.45, 7) is 18.7. The quantitative estimate of drug-likeness (QED) is 0.269. The predicted octanol–water partition coefficient (Wildman–Crippen LogP) is 6.22. The number of fused-ring (bicyclic) bond motifs is 3. The van der Waals surface area contributed by atoms with E-state index in [1.165, 1.54) is 0 Å². The van der Waals surface area contributed by atoms with Crippen LogP contribution in [0.1, 0.15) is 65.5 Å². The predicted molar refractivity (Wildman–Crippen MR) is 158 cm³/mol. The molecule has 9 heteroatoms. The monoisotopic (exact) mass is 575 g/mol. The van der Waals surface area contributed by atoms with E-state index in [2.05, 4.69) is 52.1 Å². The van der Waals surface area contributed by atoms with Crippen molar-refractivity contribution in [3.8, 4) is 11.5 Å². The van der Waals surface area contributed by atoms with Crippen LogP contribution in [-0.4, -0.2) is 77.3 Å². The molecule has 0 aromatic heterocycles. The maximum Gasteiger partial charge on any atom is 0.410 e. The van der Waals surface area contributed by atoms with Gasteiger partial charge in [0.15, 0.2) is 26.1 Å². The molecule has 1 aliphatic carbocycles. The number of hydrogen-bond acceptors (Lipinski definition) is 7. The van der Waals surface area contributed by atoms with Gasteiger partial charge in [0.25, 0.3) is 0 Å². The molecule has 40 heavy (non-hydrogen) atoms. The van der Waals surface area contributed by atoms with Gasteiger partial charge >= 0.3 is 6.09 Å². The average Bonchev–Trinajstić information content (AvgIpc) is 3.48. The van der Waals surface area contributed by atoms with Crippen molar-refractivity contribution in [3.05, 3.63) is 35.4 Å². The minimum atomic E-state index is -2.11. The largest absolute Gasteiger partial charge is 0.493 e. The van der Waals surface area contributed by atoms with Crippen LogP contribution in [-0.2, 0) is 30.5 Å². The third-order valence-corrected chi connectivity index (χ3v) is 13.2. The van der Waals surface area contributed by atoms with Crippen LogP contribution >= 0.6 is 0 Å². The first kappa shape index (κ1) is 30.9. The molecule has 2 aliphatic heterocycles. The second kappa shape index (κ2) is 11.3. The fourth-order valence-electron chi connectivity index (χ4n) is 5.56. The van der Waals surface area contributed by atoms with Gasteiger partial charge in [-0.2, -0.15) is 0 Å². The smallest absolute Gasteiger partial charge is 0.410 e. The summed E-state index contributed by atoms with van der Waals surface area (Å²) in [5, 5.41) is 0.0548.